The molecule has 0 spiro atoms. The second-order valence-corrected chi connectivity index (χ2v) is 8.47. The molecule has 164 valence electrons. The number of rotatable bonds is 9. The van der Waals surface area contributed by atoms with Crippen LogP contribution in [0.3, 0.4) is 0 Å². The van der Waals surface area contributed by atoms with E-state index in [1.807, 2.05) is 42.7 Å². The molecule has 0 fully saturated rings. The van der Waals surface area contributed by atoms with Crippen molar-refractivity contribution in [2.75, 3.05) is 25.3 Å². The van der Waals surface area contributed by atoms with E-state index in [0.717, 1.165) is 16.9 Å². The number of esters is 1. The number of carbonyl (C=O) groups is 2. The molecule has 0 saturated heterocycles. The third kappa shape index (κ3) is 5.08. The van der Waals surface area contributed by atoms with Crippen molar-refractivity contribution in [3.05, 3.63) is 40.8 Å². The molecule has 0 radical (unpaired) electrons. The second-order valence-electron chi connectivity index (χ2n) is 6.39. The van der Waals surface area contributed by atoms with Gasteiger partial charge in [-0.1, -0.05) is 30.8 Å². The predicted molar refractivity (Wildman–Crippen MR) is 122 cm³/mol. The number of thioether (sulfide) groups is 1. The summed E-state index contributed by atoms with van der Waals surface area (Å²) in [7, 11) is 2.94. The Morgan fingerprint density at radius 2 is 1.97 bits per heavy atom. The number of hydrogen-bond donors (Lipinski definition) is 1. The first-order chi connectivity index (χ1) is 15.0. The lowest BCUT2D eigenvalue weighted by atomic mass is 10.2. The summed E-state index contributed by atoms with van der Waals surface area (Å²) in [5.41, 5.74) is 1.21. The van der Waals surface area contributed by atoms with Gasteiger partial charge in [0.1, 0.15) is 10.8 Å². The maximum absolute atomic E-state index is 12.6. The van der Waals surface area contributed by atoms with Crippen molar-refractivity contribution >= 4 is 40.0 Å². The fourth-order valence-electron chi connectivity index (χ4n) is 2.97. The fourth-order valence-corrected chi connectivity index (χ4v) is 4.78. The summed E-state index contributed by atoms with van der Waals surface area (Å²) in [5.74, 6) is 0.819. The maximum Gasteiger partial charge on any atom is 0.340 e. The molecule has 0 aliphatic rings. The largest absolute Gasteiger partial charge is 0.496 e. The number of nitrogens with one attached hydrogen (secondary N) is 1. The van der Waals surface area contributed by atoms with E-state index in [1.54, 1.807) is 13.2 Å². The molecule has 2 aromatic heterocycles. The van der Waals surface area contributed by atoms with Crippen molar-refractivity contribution in [2.24, 2.45) is 0 Å². The molecule has 1 aromatic carbocycles. The molecular formula is C21H24N4O4S2. The van der Waals surface area contributed by atoms with Crippen LogP contribution in [-0.4, -0.2) is 46.6 Å². The van der Waals surface area contributed by atoms with Gasteiger partial charge in [-0.2, -0.15) is 0 Å². The summed E-state index contributed by atoms with van der Waals surface area (Å²) in [4.78, 5) is 25.6. The van der Waals surface area contributed by atoms with Crippen molar-refractivity contribution in [1.29, 1.82) is 0 Å². The molecule has 3 aromatic rings. The summed E-state index contributed by atoms with van der Waals surface area (Å²) in [6.45, 7) is 4.62. The minimum Gasteiger partial charge on any atom is -0.496 e. The molecular weight excluding hydrogens is 436 g/mol. The van der Waals surface area contributed by atoms with Crippen molar-refractivity contribution in [3.8, 4) is 17.1 Å². The standard InChI is InChI=1S/C21H24N4O4S2/c1-5-13-11-15(20(27)29-4)19(31-13)22-17(26)12-30-21-24-23-18(25(21)6-2)14-9-7-8-10-16(14)28-3/h7-11H,5-6,12H2,1-4H3,(H,22,26). The lowest BCUT2D eigenvalue weighted by molar-refractivity contribution is -0.113. The van der Waals surface area contributed by atoms with Crippen LogP contribution in [0.2, 0.25) is 0 Å². The number of aryl methyl sites for hydroxylation is 1. The van der Waals surface area contributed by atoms with Gasteiger partial charge in [0, 0.05) is 11.4 Å². The maximum atomic E-state index is 12.6. The zero-order valence-corrected chi connectivity index (χ0v) is 19.4. The fraction of sp³-hybridized carbons (Fsp3) is 0.333. The first-order valence-electron chi connectivity index (χ1n) is 9.72. The van der Waals surface area contributed by atoms with Crippen LogP contribution >= 0.6 is 23.1 Å². The Morgan fingerprint density at radius 3 is 2.65 bits per heavy atom. The number of amides is 1. The zero-order valence-electron chi connectivity index (χ0n) is 17.8. The lowest BCUT2D eigenvalue weighted by Gasteiger charge is -2.10. The highest BCUT2D eigenvalue weighted by atomic mass is 32.2. The zero-order chi connectivity index (χ0) is 22.4. The quantitative estimate of drug-likeness (QED) is 0.379. The number of para-hydroxylation sites is 1. The van der Waals surface area contributed by atoms with E-state index < -0.39 is 5.97 Å². The number of thiophene rings is 1. The molecule has 3 rings (SSSR count). The van der Waals surface area contributed by atoms with Crippen LogP contribution in [0.1, 0.15) is 29.1 Å². The molecule has 0 unspecified atom stereocenters. The Bertz CT molecular complexity index is 1080. The molecule has 0 atom stereocenters. The van der Waals surface area contributed by atoms with Crippen LogP contribution in [0, 0.1) is 0 Å². The van der Waals surface area contributed by atoms with Crippen LogP contribution in [-0.2, 0) is 22.5 Å². The molecule has 1 N–H and O–H groups in total. The van der Waals surface area contributed by atoms with Gasteiger partial charge >= 0.3 is 5.97 Å². The third-order valence-electron chi connectivity index (χ3n) is 4.50. The Labute approximate surface area is 189 Å². The lowest BCUT2D eigenvalue weighted by Crippen LogP contribution is -2.16. The smallest absolute Gasteiger partial charge is 0.340 e. The molecule has 0 saturated carbocycles. The first kappa shape index (κ1) is 22.8. The summed E-state index contributed by atoms with van der Waals surface area (Å²) >= 11 is 2.66. The van der Waals surface area contributed by atoms with Crippen molar-refractivity contribution in [3.63, 3.8) is 0 Å². The summed E-state index contributed by atoms with van der Waals surface area (Å²) in [6.07, 6.45) is 0.768. The van der Waals surface area contributed by atoms with Gasteiger partial charge in [-0.25, -0.2) is 4.79 Å². The molecule has 0 aliphatic heterocycles. The summed E-state index contributed by atoms with van der Waals surface area (Å²) in [6, 6.07) is 9.36. The topological polar surface area (TPSA) is 95.3 Å². The first-order valence-corrected chi connectivity index (χ1v) is 11.5. The Kier molecular flexibility index (Phi) is 7.69. The highest BCUT2D eigenvalue weighted by molar-refractivity contribution is 7.99. The second kappa shape index (κ2) is 10.5. The summed E-state index contributed by atoms with van der Waals surface area (Å²) < 4.78 is 12.2. The van der Waals surface area contributed by atoms with Gasteiger partial charge < -0.3 is 19.4 Å². The number of methoxy groups -OCH3 is 2. The van der Waals surface area contributed by atoms with Crippen molar-refractivity contribution < 1.29 is 19.1 Å². The van der Waals surface area contributed by atoms with E-state index in [9.17, 15) is 9.59 Å². The average molecular weight is 461 g/mol. The molecule has 0 bridgehead atoms. The van der Waals surface area contributed by atoms with Crippen LogP contribution in [0.15, 0.2) is 35.5 Å². The van der Waals surface area contributed by atoms with Gasteiger partial charge in [0.25, 0.3) is 0 Å². The molecule has 1 amide bonds. The average Bonchev–Trinajstić information content (AvgIpc) is 3.40. The highest BCUT2D eigenvalue weighted by Gasteiger charge is 2.20. The van der Waals surface area contributed by atoms with E-state index in [4.69, 9.17) is 9.47 Å². The summed E-state index contributed by atoms with van der Waals surface area (Å²) in [5, 5.41) is 12.5. The van der Waals surface area contributed by atoms with Gasteiger partial charge in [0.2, 0.25) is 5.91 Å². The van der Waals surface area contributed by atoms with Crippen molar-refractivity contribution in [1.82, 2.24) is 14.8 Å². The Balaban J connectivity index is 1.74. The van der Waals surface area contributed by atoms with Crippen LogP contribution in [0.4, 0.5) is 5.00 Å². The molecule has 2 heterocycles. The number of carbonyl (C=O) groups excluding carboxylic acids is 2. The Morgan fingerprint density at radius 1 is 1.19 bits per heavy atom. The van der Waals surface area contributed by atoms with Gasteiger partial charge in [-0.15, -0.1) is 21.5 Å². The number of anilines is 1. The molecule has 0 aliphatic carbocycles. The van der Waals surface area contributed by atoms with E-state index in [-0.39, 0.29) is 11.7 Å². The third-order valence-corrected chi connectivity index (χ3v) is 6.66. The number of aromatic nitrogens is 3. The van der Waals surface area contributed by atoms with Crippen LogP contribution in [0.25, 0.3) is 11.4 Å². The molecule has 8 nitrogen and oxygen atoms in total. The van der Waals surface area contributed by atoms with Gasteiger partial charge in [0.05, 0.1) is 31.1 Å². The number of benzene rings is 1. The van der Waals surface area contributed by atoms with E-state index in [2.05, 4.69) is 15.5 Å². The van der Waals surface area contributed by atoms with Crippen LogP contribution < -0.4 is 10.1 Å². The molecule has 10 heteroatoms. The number of ether oxygens (including phenoxy) is 2. The molecule has 31 heavy (non-hydrogen) atoms. The van der Waals surface area contributed by atoms with E-state index in [1.165, 1.54) is 30.2 Å². The van der Waals surface area contributed by atoms with E-state index in [0.29, 0.717) is 33.8 Å². The van der Waals surface area contributed by atoms with Crippen molar-refractivity contribution in [2.45, 2.75) is 32.0 Å². The van der Waals surface area contributed by atoms with E-state index >= 15 is 0 Å². The minimum atomic E-state index is -0.467. The van der Waals surface area contributed by atoms with Gasteiger partial charge in [-0.3, -0.25) is 4.79 Å². The number of hydrogen-bond acceptors (Lipinski definition) is 8. The van der Waals surface area contributed by atoms with Crippen LogP contribution in [0.5, 0.6) is 5.75 Å². The SMILES string of the molecule is CCc1cc(C(=O)OC)c(NC(=O)CSc2nnc(-c3ccccc3OC)n2CC)s1. The monoisotopic (exact) mass is 460 g/mol. The minimum absolute atomic E-state index is 0.129. The Hall–Kier alpha value is -2.85. The van der Waals surface area contributed by atoms with Gasteiger partial charge in [-0.05, 0) is 31.5 Å². The number of nitrogens with zero attached hydrogens (tertiary/aromatic N) is 3. The van der Waals surface area contributed by atoms with Gasteiger partial charge in [0.15, 0.2) is 11.0 Å². The predicted octanol–water partition coefficient (Wildman–Crippen LogP) is 4.11. The highest BCUT2D eigenvalue weighted by Crippen LogP contribution is 2.32. The normalized spacial score (nSPS) is 10.7.